The highest BCUT2D eigenvalue weighted by Gasteiger charge is 2.44. The van der Waals surface area contributed by atoms with Crippen LogP contribution in [0, 0.1) is 10.1 Å². The molecule has 1 aromatic heterocycles. The maximum Gasteiger partial charge on any atom is 0.322 e. The van der Waals surface area contributed by atoms with Crippen molar-refractivity contribution in [2.24, 2.45) is 0 Å². The smallest absolute Gasteiger partial charge is 0.322 e. The summed E-state index contributed by atoms with van der Waals surface area (Å²) >= 11 is 0. The molecule has 1 atom stereocenters. The average molecular weight is 262 g/mol. The lowest BCUT2D eigenvalue weighted by Crippen LogP contribution is -2.34. The third-order valence-electron chi connectivity index (χ3n) is 3.00. The number of para-hydroxylation sites is 1. The first-order valence-corrected chi connectivity index (χ1v) is 5.36. The Morgan fingerprint density at radius 2 is 2.11 bits per heavy atom. The molecule has 0 fully saturated rings. The summed E-state index contributed by atoms with van der Waals surface area (Å²) in [5.41, 5.74) is -1.90. The highest BCUT2D eigenvalue weighted by molar-refractivity contribution is 5.86. The maximum absolute atomic E-state index is 11.6. The molecule has 7 heteroatoms. The van der Waals surface area contributed by atoms with Gasteiger partial charge >= 0.3 is 5.97 Å². The van der Waals surface area contributed by atoms with Crippen molar-refractivity contribution in [3.63, 3.8) is 0 Å². The number of hydrogen-bond acceptors (Lipinski definition) is 5. The third kappa shape index (κ3) is 1.95. The third-order valence-corrected chi connectivity index (χ3v) is 3.00. The Morgan fingerprint density at radius 1 is 1.42 bits per heavy atom. The molecular formula is C12H10N2O5. The molecule has 7 nitrogen and oxygen atoms in total. The quantitative estimate of drug-likeness (QED) is 0.666. The van der Waals surface area contributed by atoms with Crippen molar-refractivity contribution in [1.29, 1.82) is 0 Å². The van der Waals surface area contributed by atoms with Crippen molar-refractivity contribution in [2.75, 3.05) is 0 Å². The van der Waals surface area contributed by atoms with Crippen LogP contribution in [0.4, 0.5) is 5.69 Å². The predicted octanol–water partition coefficient (Wildman–Crippen LogP) is 1.97. The van der Waals surface area contributed by atoms with Gasteiger partial charge in [-0.25, -0.2) is 0 Å². The molecule has 1 unspecified atom stereocenters. The summed E-state index contributed by atoms with van der Waals surface area (Å²) in [5.74, 6) is -1.21. The van der Waals surface area contributed by atoms with E-state index in [0.717, 1.165) is 0 Å². The number of aliphatic carboxylic acids is 1. The van der Waals surface area contributed by atoms with E-state index in [0.29, 0.717) is 0 Å². The van der Waals surface area contributed by atoms with Gasteiger partial charge in [0.05, 0.1) is 16.7 Å². The normalized spacial score (nSPS) is 13.7. The van der Waals surface area contributed by atoms with Crippen LogP contribution in [0.1, 0.15) is 18.2 Å². The minimum Gasteiger partial charge on any atom is -0.480 e. The van der Waals surface area contributed by atoms with Crippen molar-refractivity contribution in [1.82, 2.24) is 5.16 Å². The molecule has 0 spiro atoms. The zero-order chi connectivity index (χ0) is 14.0. The molecule has 19 heavy (non-hydrogen) atoms. The van der Waals surface area contributed by atoms with Crippen LogP contribution in [0.2, 0.25) is 0 Å². The van der Waals surface area contributed by atoms with Crippen molar-refractivity contribution in [3.8, 4) is 0 Å². The van der Waals surface area contributed by atoms with Crippen molar-refractivity contribution < 1.29 is 19.3 Å². The number of carboxylic acid groups (broad SMARTS) is 1. The van der Waals surface area contributed by atoms with Crippen LogP contribution in [0.25, 0.3) is 0 Å². The Hall–Kier alpha value is -2.70. The van der Waals surface area contributed by atoms with E-state index in [9.17, 15) is 20.0 Å². The van der Waals surface area contributed by atoms with Crippen LogP contribution >= 0.6 is 0 Å². The second kappa shape index (κ2) is 4.52. The molecule has 2 rings (SSSR count). The van der Waals surface area contributed by atoms with E-state index in [1.807, 2.05) is 0 Å². The topological polar surface area (TPSA) is 106 Å². The maximum atomic E-state index is 11.6. The van der Waals surface area contributed by atoms with Crippen LogP contribution in [0.15, 0.2) is 41.1 Å². The van der Waals surface area contributed by atoms with Gasteiger partial charge in [-0.15, -0.1) is 0 Å². The van der Waals surface area contributed by atoms with Crippen molar-refractivity contribution in [3.05, 3.63) is 58.0 Å². The van der Waals surface area contributed by atoms with E-state index in [1.165, 1.54) is 37.4 Å². The molecule has 0 aliphatic carbocycles. The summed E-state index contributed by atoms with van der Waals surface area (Å²) in [5, 5.41) is 23.9. The SMILES string of the molecule is CC(C(=O)O)(c1ccno1)c1ccccc1[N+](=O)[O-]. The Labute approximate surface area is 107 Å². The number of hydrogen-bond donors (Lipinski definition) is 1. The Balaban J connectivity index is 2.71. The van der Waals surface area contributed by atoms with Crippen molar-refractivity contribution in [2.45, 2.75) is 12.3 Å². The van der Waals surface area contributed by atoms with Crippen LogP contribution in [-0.2, 0) is 10.2 Å². The Kier molecular flexibility index (Phi) is 3.04. The molecule has 0 aliphatic rings. The first-order chi connectivity index (χ1) is 8.98. The predicted molar refractivity (Wildman–Crippen MR) is 63.7 cm³/mol. The molecule has 0 saturated carbocycles. The number of carboxylic acids is 1. The number of benzene rings is 1. The molecule has 0 amide bonds. The van der Waals surface area contributed by atoms with Crippen LogP contribution in [0.3, 0.4) is 0 Å². The molecule has 1 aromatic carbocycles. The molecule has 1 heterocycles. The van der Waals surface area contributed by atoms with E-state index in [-0.39, 0.29) is 17.0 Å². The molecule has 2 aromatic rings. The first kappa shape index (κ1) is 12.7. The van der Waals surface area contributed by atoms with Gasteiger partial charge in [0, 0.05) is 12.1 Å². The summed E-state index contributed by atoms with van der Waals surface area (Å²) in [7, 11) is 0. The minimum atomic E-state index is -1.67. The van der Waals surface area contributed by atoms with Gasteiger partial charge in [-0.1, -0.05) is 23.4 Å². The lowest BCUT2D eigenvalue weighted by Gasteiger charge is -2.21. The highest BCUT2D eigenvalue weighted by Crippen LogP contribution is 2.37. The zero-order valence-corrected chi connectivity index (χ0v) is 9.94. The number of nitro benzene ring substituents is 1. The van der Waals surface area contributed by atoms with Gasteiger partial charge in [-0.2, -0.15) is 0 Å². The van der Waals surface area contributed by atoms with E-state index < -0.39 is 16.3 Å². The molecule has 0 saturated heterocycles. The number of carbonyl (C=O) groups is 1. The van der Waals surface area contributed by atoms with Gasteiger partial charge in [-0.3, -0.25) is 14.9 Å². The van der Waals surface area contributed by atoms with Gasteiger partial charge in [0.1, 0.15) is 0 Å². The summed E-state index contributed by atoms with van der Waals surface area (Å²) in [6.07, 6.45) is 1.30. The second-order valence-corrected chi connectivity index (χ2v) is 4.08. The van der Waals surface area contributed by atoms with Gasteiger partial charge < -0.3 is 9.63 Å². The summed E-state index contributed by atoms with van der Waals surface area (Å²) in [6.45, 7) is 1.35. The fraction of sp³-hybridized carbons (Fsp3) is 0.167. The molecule has 0 aliphatic heterocycles. The van der Waals surface area contributed by atoms with Crippen LogP contribution in [0.5, 0.6) is 0 Å². The molecule has 98 valence electrons. The standard InChI is InChI=1S/C12H10N2O5/c1-12(11(15)16,10-6-7-13-19-10)8-4-2-3-5-9(8)14(17)18/h2-7H,1H3,(H,15,16). The highest BCUT2D eigenvalue weighted by atomic mass is 16.6. The monoisotopic (exact) mass is 262 g/mol. The van der Waals surface area contributed by atoms with Gasteiger partial charge in [0.25, 0.3) is 5.69 Å². The van der Waals surface area contributed by atoms with Gasteiger partial charge in [-0.05, 0) is 6.92 Å². The van der Waals surface area contributed by atoms with E-state index in [2.05, 4.69) is 5.16 Å². The molecule has 1 N–H and O–H groups in total. The fourth-order valence-electron chi connectivity index (χ4n) is 1.88. The number of rotatable bonds is 4. The summed E-state index contributed by atoms with van der Waals surface area (Å²) in [6, 6.07) is 7.05. The minimum absolute atomic E-state index is 0.0364. The Bertz CT molecular complexity index is 623. The molecule has 0 radical (unpaired) electrons. The van der Waals surface area contributed by atoms with Crippen LogP contribution in [-0.4, -0.2) is 21.2 Å². The summed E-state index contributed by atoms with van der Waals surface area (Å²) in [4.78, 5) is 22.0. The van der Waals surface area contributed by atoms with E-state index in [4.69, 9.17) is 4.52 Å². The van der Waals surface area contributed by atoms with Crippen LogP contribution < -0.4 is 0 Å². The van der Waals surface area contributed by atoms with E-state index in [1.54, 1.807) is 6.07 Å². The largest absolute Gasteiger partial charge is 0.480 e. The second-order valence-electron chi connectivity index (χ2n) is 4.08. The Morgan fingerprint density at radius 3 is 2.63 bits per heavy atom. The van der Waals surface area contributed by atoms with Gasteiger partial charge in [0.15, 0.2) is 11.2 Å². The fourth-order valence-corrected chi connectivity index (χ4v) is 1.88. The average Bonchev–Trinajstić information content (AvgIpc) is 2.91. The zero-order valence-electron chi connectivity index (χ0n) is 9.94. The van der Waals surface area contributed by atoms with Gasteiger partial charge in [0.2, 0.25) is 0 Å². The first-order valence-electron chi connectivity index (χ1n) is 5.36. The van der Waals surface area contributed by atoms with Crippen molar-refractivity contribution >= 4 is 11.7 Å². The molecular weight excluding hydrogens is 252 g/mol. The summed E-state index contributed by atoms with van der Waals surface area (Å²) < 4.78 is 4.90. The van der Waals surface area contributed by atoms with E-state index >= 15 is 0 Å². The number of nitrogens with zero attached hydrogens (tertiary/aromatic N) is 2. The number of nitro groups is 1. The molecule has 0 bridgehead atoms. The lowest BCUT2D eigenvalue weighted by molar-refractivity contribution is -0.385. The lowest BCUT2D eigenvalue weighted by atomic mass is 9.79. The number of aromatic nitrogens is 1.